The lowest BCUT2D eigenvalue weighted by molar-refractivity contribution is 0.692. The highest BCUT2D eigenvalue weighted by Gasteiger charge is 2.12. The number of rotatable bonds is 3. The molecule has 0 aliphatic rings. The summed E-state index contributed by atoms with van der Waals surface area (Å²) in [4.78, 5) is 4.43. The Morgan fingerprint density at radius 3 is 2.50 bits per heavy atom. The minimum Gasteiger partial charge on any atom is -0.309 e. The van der Waals surface area contributed by atoms with E-state index in [1.165, 1.54) is 16.5 Å². The van der Waals surface area contributed by atoms with Gasteiger partial charge in [-0.2, -0.15) is 0 Å². The Kier molecular flexibility index (Phi) is 3.81. The summed E-state index contributed by atoms with van der Waals surface area (Å²) in [6.07, 6.45) is 1.83. The maximum absolute atomic E-state index is 4.43. The topological polar surface area (TPSA) is 24.9 Å². The molecular formula is C17H15BrN2. The first-order valence-corrected chi connectivity index (χ1v) is 7.34. The lowest BCUT2D eigenvalue weighted by atomic mass is 9.98. The van der Waals surface area contributed by atoms with Gasteiger partial charge >= 0.3 is 0 Å². The van der Waals surface area contributed by atoms with E-state index in [0.29, 0.717) is 0 Å². The number of hydrogen-bond acceptors (Lipinski definition) is 2. The fraction of sp³-hybridized carbons (Fsp3) is 0.118. The van der Waals surface area contributed by atoms with Gasteiger partial charge in [-0.15, -0.1) is 0 Å². The molecule has 3 aromatic rings. The van der Waals surface area contributed by atoms with Crippen LogP contribution in [-0.2, 0) is 0 Å². The highest BCUT2D eigenvalue weighted by atomic mass is 79.9. The molecule has 0 fully saturated rings. The smallest absolute Gasteiger partial charge is 0.0705 e. The molecule has 0 radical (unpaired) electrons. The molecule has 1 N–H and O–H groups in total. The minimum atomic E-state index is 0.175. The van der Waals surface area contributed by atoms with Crippen molar-refractivity contribution in [1.82, 2.24) is 10.3 Å². The Balaban J connectivity index is 2.04. The van der Waals surface area contributed by atoms with E-state index in [2.05, 4.69) is 74.8 Å². The van der Waals surface area contributed by atoms with Crippen LogP contribution in [0.2, 0.25) is 0 Å². The third kappa shape index (κ3) is 2.60. The van der Waals surface area contributed by atoms with Gasteiger partial charge in [-0.05, 0) is 42.4 Å². The molecule has 0 saturated heterocycles. The Morgan fingerprint density at radius 1 is 1.00 bits per heavy atom. The largest absolute Gasteiger partial charge is 0.309 e. The Bertz CT molecular complexity index is 722. The zero-order valence-corrected chi connectivity index (χ0v) is 12.8. The Morgan fingerprint density at radius 2 is 1.75 bits per heavy atom. The molecule has 0 saturated carbocycles. The second-order valence-corrected chi connectivity index (χ2v) is 5.64. The van der Waals surface area contributed by atoms with Crippen LogP contribution in [0.5, 0.6) is 0 Å². The van der Waals surface area contributed by atoms with Gasteiger partial charge in [0.2, 0.25) is 0 Å². The van der Waals surface area contributed by atoms with Gasteiger partial charge in [0.15, 0.2) is 0 Å². The van der Waals surface area contributed by atoms with E-state index in [-0.39, 0.29) is 6.04 Å². The second-order valence-electron chi connectivity index (χ2n) is 4.73. The number of pyridine rings is 1. The standard InChI is InChI=1S/C17H15BrN2/c1-19-17(13-6-8-15(18)9-7-13)14-5-4-12-3-2-10-20-16(12)11-14/h2-11,17,19H,1H3. The Labute approximate surface area is 127 Å². The van der Waals surface area contributed by atoms with Crippen molar-refractivity contribution in [2.75, 3.05) is 7.05 Å². The molecule has 100 valence electrons. The van der Waals surface area contributed by atoms with Crippen LogP contribution in [0.15, 0.2) is 65.3 Å². The maximum Gasteiger partial charge on any atom is 0.0705 e. The first-order chi connectivity index (χ1) is 9.78. The summed E-state index contributed by atoms with van der Waals surface area (Å²) in [6.45, 7) is 0. The van der Waals surface area contributed by atoms with Crippen molar-refractivity contribution >= 4 is 26.8 Å². The summed E-state index contributed by atoms with van der Waals surface area (Å²) in [6, 6.07) is 19.1. The third-order valence-electron chi connectivity index (χ3n) is 3.46. The van der Waals surface area contributed by atoms with Gasteiger partial charge < -0.3 is 5.32 Å². The third-order valence-corrected chi connectivity index (χ3v) is 3.98. The average Bonchev–Trinajstić information content (AvgIpc) is 2.50. The molecule has 1 atom stereocenters. The van der Waals surface area contributed by atoms with Crippen LogP contribution in [0.1, 0.15) is 17.2 Å². The van der Waals surface area contributed by atoms with Crippen LogP contribution in [0.3, 0.4) is 0 Å². The number of nitrogens with one attached hydrogen (secondary N) is 1. The molecule has 0 spiro atoms. The van der Waals surface area contributed by atoms with E-state index >= 15 is 0 Å². The molecule has 1 aromatic heterocycles. The molecule has 0 bridgehead atoms. The van der Waals surface area contributed by atoms with Crippen molar-refractivity contribution in [2.45, 2.75) is 6.04 Å². The first kappa shape index (κ1) is 13.3. The van der Waals surface area contributed by atoms with Crippen molar-refractivity contribution in [3.63, 3.8) is 0 Å². The molecule has 2 aromatic carbocycles. The number of halogens is 1. The quantitative estimate of drug-likeness (QED) is 0.775. The van der Waals surface area contributed by atoms with Crippen molar-refractivity contribution in [2.24, 2.45) is 0 Å². The highest BCUT2D eigenvalue weighted by Crippen LogP contribution is 2.25. The predicted molar refractivity (Wildman–Crippen MR) is 86.8 cm³/mol. The van der Waals surface area contributed by atoms with E-state index in [4.69, 9.17) is 0 Å². The van der Waals surface area contributed by atoms with Crippen molar-refractivity contribution in [3.8, 4) is 0 Å². The van der Waals surface area contributed by atoms with E-state index < -0.39 is 0 Å². The van der Waals surface area contributed by atoms with Gasteiger partial charge in [-0.25, -0.2) is 0 Å². The number of fused-ring (bicyclic) bond motifs is 1. The van der Waals surface area contributed by atoms with Crippen LogP contribution in [0.25, 0.3) is 10.9 Å². The summed E-state index contributed by atoms with van der Waals surface area (Å²) in [5.41, 5.74) is 3.49. The van der Waals surface area contributed by atoms with Gasteiger partial charge in [0, 0.05) is 16.1 Å². The lowest BCUT2D eigenvalue weighted by Gasteiger charge is -2.17. The van der Waals surface area contributed by atoms with Gasteiger partial charge in [-0.1, -0.05) is 46.3 Å². The van der Waals surface area contributed by atoms with E-state index in [1.54, 1.807) is 0 Å². The fourth-order valence-corrected chi connectivity index (χ4v) is 2.71. The van der Waals surface area contributed by atoms with Crippen LogP contribution in [0.4, 0.5) is 0 Å². The summed E-state index contributed by atoms with van der Waals surface area (Å²) in [5.74, 6) is 0. The van der Waals surface area contributed by atoms with Crippen molar-refractivity contribution < 1.29 is 0 Å². The number of benzene rings is 2. The summed E-state index contributed by atoms with van der Waals surface area (Å²) in [7, 11) is 1.98. The van der Waals surface area contributed by atoms with Crippen molar-refractivity contribution in [3.05, 3.63) is 76.4 Å². The molecule has 20 heavy (non-hydrogen) atoms. The molecule has 1 unspecified atom stereocenters. The van der Waals surface area contributed by atoms with Crippen LogP contribution < -0.4 is 5.32 Å². The van der Waals surface area contributed by atoms with Gasteiger partial charge in [0.25, 0.3) is 0 Å². The lowest BCUT2D eigenvalue weighted by Crippen LogP contribution is -2.17. The molecule has 1 heterocycles. The zero-order chi connectivity index (χ0) is 13.9. The second kappa shape index (κ2) is 5.73. The Hall–Kier alpha value is -1.71. The number of nitrogens with zero attached hydrogens (tertiary/aromatic N) is 1. The summed E-state index contributed by atoms with van der Waals surface area (Å²) < 4.78 is 1.09. The normalized spacial score (nSPS) is 12.5. The highest BCUT2D eigenvalue weighted by molar-refractivity contribution is 9.10. The monoisotopic (exact) mass is 326 g/mol. The van der Waals surface area contributed by atoms with E-state index in [0.717, 1.165) is 9.99 Å². The van der Waals surface area contributed by atoms with Gasteiger partial charge in [-0.3, -0.25) is 4.98 Å². The summed E-state index contributed by atoms with van der Waals surface area (Å²) in [5, 5.41) is 4.54. The van der Waals surface area contributed by atoms with Gasteiger partial charge in [0.05, 0.1) is 11.6 Å². The average molecular weight is 327 g/mol. The molecular weight excluding hydrogens is 312 g/mol. The SMILES string of the molecule is CNC(c1ccc(Br)cc1)c1ccc2cccnc2c1. The molecule has 3 heteroatoms. The molecule has 3 rings (SSSR count). The van der Waals surface area contributed by atoms with E-state index in [1.807, 2.05) is 19.3 Å². The maximum atomic E-state index is 4.43. The number of aromatic nitrogens is 1. The fourth-order valence-electron chi connectivity index (χ4n) is 2.44. The van der Waals surface area contributed by atoms with E-state index in [9.17, 15) is 0 Å². The minimum absolute atomic E-state index is 0.175. The molecule has 0 aliphatic heterocycles. The summed E-state index contributed by atoms with van der Waals surface area (Å²) >= 11 is 3.47. The number of hydrogen-bond donors (Lipinski definition) is 1. The van der Waals surface area contributed by atoms with Crippen LogP contribution in [-0.4, -0.2) is 12.0 Å². The zero-order valence-electron chi connectivity index (χ0n) is 11.2. The predicted octanol–water partition coefficient (Wildman–Crippen LogP) is 4.31. The van der Waals surface area contributed by atoms with Crippen molar-refractivity contribution in [1.29, 1.82) is 0 Å². The first-order valence-electron chi connectivity index (χ1n) is 6.55. The molecule has 2 nitrogen and oxygen atoms in total. The molecule has 0 amide bonds. The van der Waals surface area contributed by atoms with Crippen LogP contribution >= 0.6 is 15.9 Å². The van der Waals surface area contributed by atoms with Crippen LogP contribution in [0, 0.1) is 0 Å². The molecule has 0 aliphatic carbocycles. The van der Waals surface area contributed by atoms with Gasteiger partial charge in [0.1, 0.15) is 0 Å².